The van der Waals surface area contributed by atoms with Crippen LogP contribution in [0.1, 0.15) is 142 Å². The molecule has 3 N–H and O–H groups in total. The number of rotatable bonds is 25. The summed E-state index contributed by atoms with van der Waals surface area (Å²) in [5, 5.41) is 8.65. The van der Waals surface area contributed by atoms with Crippen molar-refractivity contribution >= 4 is 7.60 Å². The Morgan fingerprint density at radius 2 is 0.971 bits per heavy atom. The molecule has 0 aromatic rings. The molecule has 0 spiro atoms. The van der Waals surface area contributed by atoms with E-state index in [1.54, 1.807) is 0 Å². The van der Waals surface area contributed by atoms with E-state index in [9.17, 15) is 19.5 Å². The van der Waals surface area contributed by atoms with Crippen LogP contribution in [0.25, 0.3) is 0 Å². The smallest absolute Gasteiger partial charge is 0.362 e. The fourth-order valence-corrected chi connectivity index (χ4v) is 5.85. The molecule has 0 aliphatic heterocycles. The minimum atomic E-state index is -4.55. The van der Waals surface area contributed by atoms with Crippen LogP contribution in [-0.4, -0.2) is 52.4 Å². The molecule has 0 rings (SSSR count). The second kappa shape index (κ2) is 20.8. The van der Waals surface area contributed by atoms with Gasteiger partial charge in [-0.1, -0.05) is 115 Å². The van der Waals surface area contributed by atoms with E-state index in [2.05, 4.69) is 19.1 Å². The maximum absolute atomic E-state index is 11.8. The second-order valence-electron chi connectivity index (χ2n) is 11.8. The number of aliphatic hydroxyl groups is 1. The van der Waals surface area contributed by atoms with E-state index in [1.807, 2.05) is 21.1 Å². The topological polar surface area (TPSA) is 77.8 Å². The molecule has 210 valence electrons. The molecule has 5 nitrogen and oxygen atoms in total. The third-order valence-corrected chi connectivity index (χ3v) is 8.31. The van der Waals surface area contributed by atoms with Crippen molar-refractivity contribution in [1.29, 1.82) is 0 Å². The van der Waals surface area contributed by atoms with E-state index in [4.69, 9.17) is 0 Å². The summed E-state index contributed by atoms with van der Waals surface area (Å²) in [6.07, 6.45) is 30.2. The van der Waals surface area contributed by atoms with Crippen molar-refractivity contribution in [2.24, 2.45) is 0 Å². The van der Waals surface area contributed by atoms with Gasteiger partial charge in [-0.25, -0.2) is 0 Å². The van der Waals surface area contributed by atoms with E-state index in [-0.39, 0.29) is 13.0 Å². The van der Waals surface area contributed by atoms with Gasteiger partial charge in [-0.15, -0.1) is 0 Å². The van der Waals surface area contributed by atoms with E-state index in [0.29, 0.717) is 10.9 Å². The zero-order chi connectivity index (χ0) is 26.5. The molecule has 1 atom stereocenters. The first-order valence-electron chi connectivity index (χ1n) is 14.8. The lowest BCUT2D eigenvalue weighted by Crippen LogP contribution is -2.49. The highest BCUT2D eigenvalue weighted by molar-refractivity contribution is 7.53. The van der Waals surface area contributed by atoms with Gasteiger partial charge >= 0.3 is 7.60 Å². The van der Waals surface area contributed by atoms with Gasteiger partial charge in [-0.05, 0) is 38.5 Å². The number of hydrogen-bond donors (Lipinski definition) is 3. The molecule has 0 radical (unpaired) electrons. The molecule has 1 unspecified atom stereocenters. The molecule has 0 amide bonds. The minimum absolute atomic E-state index is 0.0584. The van der Waals surface area contributed by atoms with Crippen LogP contribution in [0.4, 0.5) is 0 Å². The number of unbranched alkanes of at least 4 members (excludes halogenated alkanes) is 18. The first kappa shape index (κ1) is 34.8. The molecule has 0 aliphatic carbocycles. The fourth-order valence-electron chi connectivity index (χ4n) is 4.79. The third kappa shape index (κ3) is 21.6. The Hall–Kier alpha value is -0.190. The summed E-state index contributed by atoms with van der Waals surface area (Å²) >= 11 is 0. The van der Waals surface area contributed by atoms with Gasteiger partial charge in [-0.3, -0.25) is 4.57 Å². The predicted octanol–water partition coefficient (Wildman–Crippen LogP) is 8.33. The van der Waals surface area contributed by atoms with Gasteiger partial charge in [-0.2, -0.15) is 0 Å². The number of hydrogen-bond acceptors (Lipinski definition) is 2. The standard InChI is InChI=1S/C29H60NO4P/c1-5-6-7-8-9-10-11-12-13-14-15-16-17-18-19-20-21-22-23-24-25-26-27-29(31,35(32,33)34)28-30(2,3)4/h18-19,31H,5-17,20-28H2,1-4H3,(H-,32,33,34)/p+1/b19-18-. The van der Waals surface area contributed by atoms with Crippen molar-refractivity contribution in [2.75, 3.05) is 27.7 Å². The number of allylic oxidation sites excluding steroid dienone is 2. The zero-order valence-electron chi connectivity index (χ0n) is 23.9. The van der Waals surface area contributed by atoms with E-state index in [0.717, 1.165) is 25.7 Å². The number of likely N-dealkylation sites (N-methyl/N-ethyl adjacent to an activating group) is 1. The average molecular weight is 519 g/mol. The van der Waals surface area contributed by atoms with Crippen molar-refractivity contribution in [2.45, 2.75) is 147 Å². The van der Waals surface area contributed by atoms with E-state index >= 15 is 0 Å². The van der Waals surface area contributed by atoms with Crippen molar-refractivity contribution < 1.29 is 23.9 Å². The lowest BCUT2D eigenvalue weighted by atomic mass is 10.0. The molecule has 35 heavy (non-hydrogen) atoms. The van der Waals surface area contributed by atoms with Gasteiger partial charge in [0, 0.05) is 0 Å². The first-order valence-corrected chi connectivity index (χ1v) is 16.4. The van der Waals surface area contributed by atoms with Gasteiger partial charge in [0.2, 0.25) is 5.34 Å². The van der Waals surface area contributed by atoms with E-state index in [1.165, 1.54) is 96.3 Å². The van der Waals surface area contributed by atoms with Crippen molar-refractivity contribution in [1.82, 2.24) is 0 Å². The highest BCUT2D eigenvalue weighted by atomic mass is 31.2. The number of nitrogens with zero attached hydrogens (tertiary/aromatic N) is 1. The van der Waals surface area contributed by atoms with Crippen molar-refractivity contribution in [3.05, 3.63) is 12.2 Å². The van der Waals surface area contributed by atoms with E-state index < -0.39 is 12.9 Å². The van der Waals surface area contributed by atoms with Crippen LogP contribution < -0.4 is 0 Å². The SMILES string of the molecule is CCCCCCCCCCCCCC/C=C\CCCCCCCCC(O)(C[N+](C)(C)C)P(=O)(O)O. The quantitative estimate of drug-likeness (QED) is 0.0491. The molecule has 0 bridgehead atoms. The van der Waals surface area contributed by atoms with Gasteiger partial charge in [0.25, 0.3) is 0 Å². The molecule has 6 heteroatoms. The summed E-state index contributed by atoms with van der Waals surface area (Å²) in [5.74, 6) is 0. The zero-order valence-corrected chi connectivity index (χ0v) is 24.7. The van der Waals surface area contributed by atoms with Crippen LogP contribution in [0.5, 0.6) is 0 Å². The lowest BCUT2D eigenvalue weighted by Gasteiger charge is -2.35. The molecule has 0 aromatic heterocycles. The first-order chi connectivity index (χ1) is 16.5. The molecule has 0 aromatic carbocycles. The van der Waals surface area contributed by atoms with Gasteiger partial charge in [0.15, 0.2) is 0 Å². The number of quaternary nitrogens is 1. The predicted molar refractivity (Wildman–Crippen MR) is 152 cm³/mol. The van der Waals surface area contributed by atoms with Crippen LogP contribution in [0.3, 0.4) is 0 Å². The largest absolute Gasteiger partial charge is 0.373 e. The minimum Gasteiger partial charge on any atom is -0.373 e. The fraction of sp³-hybridized carbons (Fsp3) is 0.931. The van der Waals surface area contributed by atoms with Crippen LogP contribution >= 0.6 is 7.60 Å². The van der Waals surface area contributed by atoms with Crippen molar-refractivity contribution in [3.63, 3.8) is 0 Å². The Labute approximate surface area is 218 Å². The van der Waals surface area contributed by atoms with Gasteiger partial charge in [0.1, 0.15) is 6.54 Å². The second-order valence-corrected chi connectivity index (χ2v) is 13.7. The summed E-state index contributed by atoms with van der Waals surface area (Å²) in [7, 11) is 0.974. The van der Waals surface area contributed by atoms with Gasteiger partial charge < -0.3 is 19.4 Å². The maximum atomic E-state index is 11.8. The molecule has 0 fully saturated rings. The van der Waals surface area contributed by atoms with Gasteiger partial charge in [0.05, 0.1) is 21.1 Å². The summed E-state index contributed by atoms with van der Waals surface area (Å²) in [6.45, 7) is 2.34. The average Bonchev–Trinajstić information content (AvgIpc) is 2.75. The molecule has 0 aliphatic rings. The highest BCUT2D eigenvalue weighted by Crippen LogP contribution is 2.52. The summed E-state index contributed by atoms with van der Waals surface area (Å²) in [4.78, 5) is 19.2. The normalized spacial score (nSPS) is 14.6. The third-order valence-electron chi connectivity index (χ3n) is 6.86. The Kier molecular flexibility index (Phi) is 20.7. The van der Waals surface area contributed by atoms with Crippen LogP contribution in [0.15, 0.2) is 12.2 Å². The monoisotopic (exact) mass is 518 g/mol. The molecule has 0 heterocycles. The highest BCUT2D eigenvalue weighted by Gasteiger charge is 2.48. The maximum Gasteiger partial charge on any atom is 0.362 e. The lowest BCUT2D eigenvalue weighted by molar-refractivity contribution is -0.875. The Bertz CT molecular complexity index is 555. The molecular formula is C29H61NO4P+. The Morgan fingerprint density at radius 1 is 0.629 bits per heavy atom. The van der Waals surface area contributed by atoms with Crippen LogP contribution in [0, 0.1) is 0 Å². The summed E-state index contributed by atoms with van der Waals surface area (Å²) in [5.41, 5.74) is 0. The van der Waals surface area contributed by atoms with Crippen molar-refractivity contribution in [3.8, 4) is 0 Å². The summed E-state index contributed by atoms with van der Waals surface area (Å²) in [6, 6.07) is 0. The Balaban J connectivity index is 3.53. The molecular weight excluding hydrogens is 457 g/mol. The van der Waals surface area contributed by atoms with Crippen LogP contribution in [-0.2, 0) is 4.57 Å². The molecule has 0 saturated heterocycles. The molecule has 0 saturated carbocycles. The van der Waals surface area contributed by atoms with Crippen LogP contribution in [0.2, 0.25) is 0 Å². The summed E-state index contributed by atoms with van der Waals surface area (Å²) < 4.78 is 12.1. The Morgan fingerprint density at radius 3 is 1.31 bits per heavy atom.